The third-order valence-electron chi connectivity index (χ3n) is 2.25. The van der Waals surface area contributed by atoms with Crippen LogP contribution in [0, 0.1) is 0 Å². The number of hydrogen-bond acceptors (Lipinski definition) is 2. The van der Waals surface area contributed by atoms with Gasteiger partial charge in [0.05, 0.1) is 6.61 Å². The molecule has 1 atom stereocenters. The maximum atomic E-state index is 13.8. The van der Waals surface area contributed by atoms with Crippen molar-refractivity contribution in [3.05, 3.63) is 11.8 Å². The zero-order valence-electron chi connectivity index (χ0n) is 6.40. The molecule has 0 aromatic heterocycles. The van der Waals surface area contributed by atoms with E-state index in [0.29, 0.717) is 25.3 Å². The molecular weight excluding hydrogens is 145 g/mol. The lowest BCUT2D eigenvalue weighted by atomic mass is 10.0. The van der Waals surface area contributed by atoms with E-state index in [1.54, 1.807) is 0 Å². The van der Waals surface area contributed by atoms with E-state index in [-0.39, 0.29) is 0 Å². The first-order chi connectivity index (χ1) is 5.31. The summed E-state index contributed by atoms with van der Waals surface area (Å²) in [4.78, 5) is 0. The standard InChI is InChI=1S/C8H12FNO/c9-8(3-4-10-6-8)7-2-1-5-11-7/h2,10H,1,3-6H2. The highest BCUT2D eigenvalue weighted by Crippen LogP contribution is 2.32. The molecule has 2 nitrogen and oxygen atoms in total. The minimum atomic E-state index is -1.20. The molecule has 0 bridgehead atoms. The first-order valence-electron chi connectivity index (χ1n) is 4.04. The van der Waals surface area contributed by atoms with Gasteiger partial charge in [-0.15, -0.1) is 0 Å². The fraction of sp³-hybridized carbons (Fsp3) is 0.750. The average Bonchev–Trinajstić information content (AvgIpc) is 2.55. The molecule has 11 heavy (non-hydrogen) atoms. The van der Waals surface area contributed by atoms with Crippen molar-refractivity contribution in [2.24, 2.45) is 0 Å². The van der Waals surface area contributed by atoms with Gasteiger partial charge in [-0.2, -0.15) is 0 Å². The summed E-state index contributed by atoms with van der Waals surface area (Å²) in [5.41, 5.74) is -1.20. The Morgan fingerprint density at radius 2 is 2.55 bits per heavy atom. The highest BCUT2D eigenvalue weighted by Gasteiger charge is 2.40. The van der Waals surface area contributed by atoms with E-state index in [0.717, 1.165) is 13.0 Å². The Hall–Kier alpha value is -0.570. The lowest BCUT2D eigenvalue weighted by Crippen LogP contribution is -2.28. The maximum absolute atomic E-state index is 13.8. The topological polar surface area (TPSA) is 21.3 Å². The van der Waals surface area contributed by atoms with Crippen molar-refractivity contribution in [1.29, 1.82) is 0 Å². The van der Waals surface area contributed by atoms with Crippen LogP contribution in [0.25, 0.3) is 0 Å². The second-order valence-corrected chi connectivity index (χ2v) is 3.10. The first kappa shape index (κ1) is 7.10. The van der Waals surface area contributed by atoms with Gasteiger partial charge in [-0.3, -0.25) is 0 Å². The summed E-state index contributed by atoms with van der Waals surface area (Å²) >= 11 is 0. The summed E-state index contributed by atoms with van der Waals surface area (Å²) in [6.45, 7) is 1.83. The Morgan fingerprint density at radius 1 is 1.64 bits per heavy atom. The molecule has 1 saturated heterocycles. The molecule has 0 aromatic rings. The van der Waals surface area contributed by atoms with Crippen molar-refractivity contribution < 1.29 is 9.13 Å². The van der Waals surface area contributed by atoms with Crippen molar-refractivity contribution >= 4 is 0 Å². The van der Waals surface area contributed by atoms with Gasteiger partial charge >= 0.3 is 0 Å². The molecule has 2 rings (SSSR count). The van der Waals surface area contributed by atoms with Crippen molar-refractivity contribution in [2.45, 2.75) is 18.5 Å². The van der Waals surface area contributed by atoms with E-state index < -0.39 is 5.67 Å². The highest BCUT2D eigenvalue weighted by atomic mass is 19.1. The van der Waals surface area contributed by atoms with Crippen molar-refractivity contribution in [2.75, 3.05) is 19.7 Å². The van der Waals surface area contributed by atoms with E-state index in [9.17, 15) is 4.39 Å². The molecule has 2 heterocycles. The number of hydrogen-bond donors (Lipinski definition) is 1. The molecule has 0 saturated carbocycles. The van der Waals surface area contributed by atoms with Crippen LogP contribution in [-0.2, 0) is 4.74 Å². The molecule has 0 radical (unpaired) electrons. The summed E-state index contributed by atoms with van der Waals surface area (Å²) in [6, 6.07) is 0. The van der Waals surface area contributed by atoms with Crippen LogP contribution in [0.4, 0.5) is 4.39 Å². The predicted molar refractivity (Wildman–Crippen MR) is 40.0 cm³/mol. The smallest absolute Gasteiger partial charge is 0.180 e. The van der Waals surface area contributed by atoms with E-state index >= 15 is 0 Å². The van der Waals surface area contributed by atoms with Gasteiger partial charge in [0.1, 0.15) is 5.76 Å². The third-order valence-corrected chi connectivity index (χ3v) is 2.25. The van der Waals surface area contributed by atoms with Crippen LogP contribution in [0.1, 0.15) is 12.8 Å². The highest BCUT2D eigenvalue weighted by molar-refractivity contribution is 5.16. The van der Waals surface area contributed by atoms with Crippen LogP contribution in [-0.4, -0.2) is 25.4 Å². The Bertz CT molecular complexity index is 185. The summed E-state index contributed by atoms with van der Waals surface area (Å²) < 4.78 is 18.9. The monoisotopic (exact) mass is 157 g/mol. The Morgan fingerprint density at radius 3 is 3.09 bits per heavy atom. The third kappa shape index (κ3) is 1.13. The lowest BCUT2D eigenvalue weighted by Gasteiger charge is -2.18. The van der Waals surface area contributed by atoms with E-state index in [1.807, 2.05) is 6.08 Å². The van der Waals surface area contributed by atoms with Crippen LogP contribution in [0.2, 0.25) is 0 Å². The van der Waals surface area contributed by atoms with Crippen LogP contribution < -0.4 is 5.32 Å². The summed E-state index contributed by atoms with van der Waals surface area (Å²) in [5.74, 6) is 0.558. The van der Waals surface area contributed by atoms with Gasteiger partial charge in [0, 0.05) is 19.4 Å². The second kappa shape index (κ2) is 2.48. The molecule has 1 unspecified atom stereocenters. The van der Waals surface area contributed by atoms with Crippen molar-refractivity contribution in [3.63, 3.8) is 0 Å². The zero-order valence-corrected chi connectivity index (χ0v) is 6.40. The predicted octanol–water partition coefficient (Wildman–Crippen LogP) is 0.992. The molecule has 2 aliphatic heterocycles. The number of rotatable bonds is 1. The summed E-state index contributed by atoms with van der Waals surface area (Å²) in [6.07, 6.45) is 3.28. The maximum Gasteiger partial charge on any atom is 0.180 e. The minimum absolute atomic E-state index is 0.416. The number of ether oxygens (including phenoxy) is 1. The fourth-order valence-electron chi connectivity index (χ4n) is 1.60. The molecule has 1 fully saturated rings. The molecule has 0 spiro atoms. The molecule has 0 aliphatic carbocycles. The molecule has 0 amide bonds. The molecule has 3 heteroatoms. The zero-order chi connectivity index (χ0) is 7.73. The van der Waals surface area contributed by atoms with Gasteiger partial charge in [0.15, 0.2) is 5.67 Å². The largest absolute Gasteiger partial charge is 0.494 e. The average molecular weight is 157 g/mol. The molecular formula is C8H12FNO. The molecule has 0 aromatic carbocycles. The van der Waals surface area contributed by atoms with Crippen LogP contribution in [0.5, 0.6) is 0 Å². The Balaban J connectivity index is 2.12. The number of nitrogens with one attached hydrogen (secondary N) is 1. The van der Waals surface area contributed by atoms with E-state index in [1.165, 1.54) is 0 Å². The van der Waals surface area contributed by atoms with Gasteiger partial charge in [-0.1, -0.05) is 0 Å². The van der Waals surface area contributed by atoms with Gasteiger partial charge in [0.2, 0.25) is 0 Å². The summed E-state index contributed by atoms with van der Waals surface area (Å²) in [7, 11) is 0. The number of halogens is 1. The Kier molecular flexibility index (Phi) is 1.60. The lowest BCUT2D eigenvalue weighted by molar-refractivity contribution is 0.117. The van der Waals surface area contributed by atoms with Crippen LogP contribution in [0.3, 0.4) is 0 Å². The van der Waals surface area contributed by atoms with Crippen LogP contribution in [0.15, 0.2) is 11.8 Å². The van der Waals surface area contributed by atoms with Gasteiger partial charge in [-0.05, 0) is 12.6 Å². The molecule has 2 aliphatic rings. The van der Waals surface area contributed by atoms with E-state index in [2.05, 4.69) is 5.32 Å². The van der Waals surface area contributed by atoms with Gasteiger partial charge < -0.3 is 10.1 Å². The molecule has 1 N–H and O–H groups in total. The first-order valence-corrected chi connectivity index (χ1v) is 4.04. The number of alkyl halides is 1. The second-order valence-electron chi connectivity index (χ2n) is 3.10. The van der Waals surface area contributed by atoms with Crippen molar-refractivity contribution in [3.8, 4) is 0 Å². The summed E-state index contributed by atoms with van der Waals surface area (Å²) in [5, 5.41) is 2.99. The van der Waals surface area contributed by atoms with Gasteiger partial charge in [-0.25, -0.2) is 4.39 Å². The quantitative estimate of drug-likeness (QED) is 0.613. The van der Waals surface area contributed by atoms with Crippen LogP contribution >= 0.6 is 0 Å². The van der Waals surface area contributed by atoms with Gasteiger partial charge in [0.25, 0.3) is 0 Å². The minimum Gasteiger partial charge on any atom is -0.494 e. The van der Waals surface area contributed by atoms with Crippen molar-refractivity contribution in [1.82, 2.24) is 5.32 Å². The SMILES string of the molecule is FC1(C2=CCCO2)CCNC1. The normalized spacial score (nSPS) is 37.0. The van der Waals surface area contributed by atoms with E-state index in [4.69, 9.17) is 4.74 Å². The fourth-order valence-corrected chi connectivity index (χ4v) is 1.60. The molecule has 62 valence electrons. The Labute approximate surface area is 65.4 Å².